The number of para-hydroxylation sites is 4. The second kappa shape index (κ2) is 14.2. The summed E-state index contributed by atoms with van der Waals surface area (Å²) in [6.07, 6.45) is 0. The molecule has 0 radical (unpaired) electrons. The van der Waals surface area contributed by atoms with Gasteiger partial charge in [0.25, 0.3) is 0 Å². The quantitative estimate of drug-likeness (QED) is 0.161. The summed E-state index contributed by atoms with van der Waals surface area (Å²) in [6.45, 7) is 4.68. The molecular formula is C53H38N4S2. The molecule has 2 aromatic heterocycles. The predicted octanol–water partition coefficient (Wildman–Crippen LogP) is 15.5. The Balaban J connectivity index is 0.907. The Morgan fingerprint density at radius 3 is 1.53 bits per heavy atom. The molecule has 0 saturated carbocycles. The molecule has 0 bridgehead atoms. The summed E-state index contributed by atoms with van der Waals surface area (Å²) in [5.41, 5.74) is 16.0. The number of thiazole rings is 2. The highest BCUT2D eigenvalue weighted by molar-refractivity contribution is 7.22. The fraction of sp³-hybridized carbons (Fsp3) is 0.0566. The van der Waals surface area contributed by atoms with Crippen LogP contribution in [0.3, 0.4) is 0 Å². The summed E-state index contributed by atoms with van der Waals surface area (Å²) in [6, 6.07) is 69.7. The molecule has 4 nitrogen and oxygen atoms in total. The maximum absolute atomic E-state index is 5.01. The SMILES string of the molecule is CC1(C)c2ccccc2N(c2ccc(-c3ccc(N(c4ccccc4)c4ccc(-c5nc6ccccc6s5)cc4)cc3)cc2)c2ccc(-c3nc4ccccc4s3)cc21. The molecule has 0 amide bonds. The Labute approximate surface area is 352 Å². The van der Waals surface area contributed by atoms with Gasteiger partial charge in [-0.15, -0.1) is 22.7 Å². The van der Waals surface area contributed by atoms with Gasteiger partial charge in [-0.25, -0.2) is 9.97 Å². The van der Waals surface area contributed by atoms with Crippen LogP contribution in [0.4, 0.5) is 34.1 Å². The van der Waals surface area contributed by atoms with E-state index in [1.807, 2.05) is 6.07 Å². The number of benzene rings is 8. The number of rotatable bonds is 7. The lowest BCUT2D eigenvalue weighted by atomic mass is 9.73. The number of fused-ring (bicyclic) bond motifs is 4. The smallest absolute Gasteiger partial charge is 0.124 e. The summed E-state index contributed by atoms with van der Waals surface area (Å²) in [5, 5.41) is 2.09. The molecule has 282 valence electrons. The first-order chi connectivity index (χ1) is 29.0. The molecule has 0 atom stereocenters. The van der Waals surface area contributed by atoms with Crippen molar-refractivity contribution in [3.63, 3.8) is 0 Å². The van der Waals surface area contributed by atoms with E-state index < -0.39 is 0 Å². The topological polar surface area (TPSA) is 32.3 Å². The van der Waals surface area contributed by atoms with Crippen molar-refractivity contribution in [2.75, 3.05) is 9.80 Å². The molecule has 3 heterocycles. The van der Waals surface area contributed by atoms with E-state index in [-0.39, 0.29) is 5.41 Å². The zero-order chi connectivity index (χ0) is 39.5. The fourth-order valence-electron chi connectivity index (χ4n) is 8.49. The van der Waals surface area contributed by atoms with Gasteiger partial charge in [-0.05, 0) is 131 Å². The number of hydrogen-bond donors (Lipinski definition) is 0. The van der Waals surface area contributed by atoms with Crippen LogP contribution >= 0.6 is 22.7 Å². The van der Waals surface area contributed by atoms with Crippen LogP contribution < -0.4 is 9.80 Å². The predicted molar refractivity (Wildman–Crippen MR) is 251 cm³/mol. The van der Waals surface area contributed by atoms with Crippen LogP contribution in [0.1, 0.15) is 25.0 Å². The Morgan fingerprint density at radius 1 is 0.424 bits per heavy atom. The maximum atomic E-state index is 5.01. The van der Waals surface area contributed by atoms with Gasteiger partial charge in [-0.1, -0.05) is 98.8 Å². The lowest BCUT2D eigenvalue weighted by molar-refractivity contribution is 0.632. The molecule has 0 fully saturated rings. The van der Waals surface area contributed by atoms with E-state index in [4.69, 9.17) is 9.97 Å². The Bertz CT molecular complexity index is 3060. The van der Waals surface area contributed by atoms with Crippen molar-refractivity contribution in [1.29, 1.82) is 0 Å². The highest BCUT2D eigenvalue weighted by Gasteiger charge is 2.37. The average Bonchev–Trinajstić information content (AvgIpc) is 3.93. The van der Waals surface area contributed by atoms with Crippen LogP contribution in [0.15, 0.2) is 194 Å². The van der Waals surface area contributed by atoms with Crippen LogP contribution in [0.5, 0.6) is 0 Å². The molecule has 0 spiro atoms. The zero-order valence-corrected chi connectivity index (χ0v) is 34.2. The van der Waals surface area contributed by atoms with E-state index in [0.29, 0.717) is 0 Å². The third-order valence-corrected chi connectivity index (χ3v) is 13.7. The zero-order valence-electron chi connectivity index (χ0n) is 32.6. The summed E-state index contributed by atoms with van der Waals surface area (Å²) in [5.74, 6) is 0. The van der Waals surface area contributed by atoms with E-state index in [9.17, 15) is 0 Å². The first-order valence-corrected chi connectivity index (χ1v) is 21.5. The molecule has 1 aliphatic heterocycles. The molecule has 59 heavy (non-hydrogen) atoms. The minimum absolute atomic E-state index is 0.192. The molecule has 11 rings (SSSR count). The second-order valence-corrected chi connectivity index (χ2v) is 17.6. The summed E-state index contributed by atoms with van der Waals surface area (Å²) in [7, 11) is 0. The minimum Gasteiger partial charge on any atom is -0.311 e. The molecule has 1 aliphatic rings. The van der Waals surface area contributed by atoms with Gasteiger partial charge in [0.15, 0.2) is 0 Å². The lowest BCUT2D eigenvalue weighted by Gasteiger charge is -2.42. The third-order valence-electron chi connectivity index (χ3n) is 11.5. The average molecular weight is 795 g/mol. The van der Waals surface area contributed by atoms with Crippen molar-refractivity contribution >= 4 is 77.2 Å². The van der Waals surface area contributed by atoms with Crippen LogP contribution in [0.2, 0.25) is 0 Å². The number of aromatic nitrogens is 2. The Kier molecular flexibility index (Phi) is 8.50. The van der Waals surface area contributed by atoms with Gasteiger partial charge in [0, 0.05) is 39.3 Å². The van der Waals surface area contributed by atoms with Crippen molar-refractivity contribution in [2.45, 2.75) is 19.3 Å². The third kappa shape index (κ3) is 6.20. The van der Waals surface area contributed by atoms with Crippen molar-refractivity contribution in [3.05, 3.63) is 205 Å². The van der Waals surface area contributed by atoms with E-state index in [1.165, 1.54) is 43.0 Å². The van der Waals surface area contributed by atoms with Gasteiger partial charge >= 0.3 is 0 Å². The summed E-state index contributed by atoms with van der Waals surface area (Å²) < 4.78 is 2.41. The minimum atomic E-state index is -0.192. The second-order valence-electron chi connectivity index (χ2n) is 15.5. The fourth-order valence-corrected chi connectivity index (χ4v) is 10.4. The van der Waals surface area contributed by atoms with Crippen molar-refractivity contribution in [1.82, 2.24) is 9.97 Å². The Hall–Kier alpha value is -6.86. The van der Waals surface area contributed by atoms with Crippen LogP contribution in [-0.2, 0) is 5.41 Å². The van der Waals surface area contributed by atoms with Gasteiger partial charge in [-0.3, -0.25) is 0 Å². The van der Waals surface area contributed by atoms with Gasteiger partial charge in [0.2, 0.25) is 0 Å². The highest BCUT2D eigenvalue weighted by Crippen LogP contribution is 2.53. The van der Waals surface area contributed by atoms with Crippen LogP contribution in [0.25, 0.3) is 52.7 Å². The Morgan fingerprint density at radius 2 is 0.898 bits per heavy atom. The molecule has 0 aliphatic carbocycles. The molecule has 0 unspecified atom stereocenters. The molecular weight excluding hydrogens is 757 g/mol. The van der Waals surface area contributed by atoms with Gasteiger partial charge < -0.3 is 9.80 Å². The summed E-state index contributed by atoms with van der Waals surface area (Å²) in [4.78, 5) is 14.6. The van der Waals surface area contributed by atoms with Gasteiger partial charge in [0.05, 0.1) is 31.8 Å². The van der Waals surface area contributed by atoms with Crippen LogP contribution in [-0.4, -0.2) is 9.97 Å². The molecule has 0 N–H and O–H groups in total. The van der Waals surface area contributed by atoms with Crippen LogP contribution in [0, 0.1) is 0 Å². The van der Waals surface area contributed by atoms with E-state index in [1.54, 1.807) is 22.7 Å². The maximum Gasteiger partial charge on any atom is 0.124 e. The molecule has 0 saturated heterocycles. The number of hydrogen-bond acceptors (Lipinski definition) is 6. The molecule has 8 aromatic carbocycles. The summed E-state index contributed by atoms with van der Waals surface area (Å²) >= 11 is 3.48. The van der Waals surface area contributed by atoms with Crippen molar-refractivity contribution in [2.24, 2.45) is 0 Å². The van der Waals surface area contributed by atoms with Gasteiger partial charge in [0.1, 0.15) is 10.0 Å². The standard InChI is InChI=1S/C53H38N4S2/c1-53(2)43-14-6-9-17-47(43)57(48-33-26-38(34-44(48)53)52-55-46-16-8-11-19-50(46)59-52)42-29-22-36(23-30-42)35-20-27-40(28-21-35)56(39-12-4-3-5-13-39)41-31-24-37(25-32-41)51-54-45-15-7-10-18-49(45)58-51/h3-34H,1-2H3. The monoisotopic (exact) mass is 794 g/mol. The van der Waals surface area contributed by atoms with E-state index >= 15 is 0 Å². The highest BCUT2D eigenvalue weighted by atomic mass is 32.1. The molecule has 10 aromatic rings. The van der Waals surface area contributed by atoms with Gasteiger partial charge in [-0.2, -0.15) is 0 Å². The molecule has 6 heteroatoms. The first kappa shape index (κ1) is 35.3. The lowest BCUT2D eigenvalue weighted by Crippen LogP contribution is -2.30. The van der Waals surface area contributed by atoms with E-state index in [2.05, 4.69) is 212 Å². The number of anilines is 6. The largest absolute Gasteiger partial charge is 0.311 e. The number of nitrogens with zero attached hydrogens (tertiary/aromatic N) is 4. The van der Waals surface area contributed by atoms with Crippen molar-refractivity contribution in [3.8, 4) is 32.3 Å². The normalized spacial score (nSPS) is 13.0. The van der Waals surface area contributed by atoms with Crippen molar-refractivity contribution < 1.29 is 0 Å². The van der Waals surface area contributed by atoms with E-state index in [0.717, 1.165) is 54.9 Å². The first-order valence-electron chi connectivity index (χ1n) is 19.9.